The predicted octanol–water partition coefficient (Wildman–Crippen LogP) is 4.26. The zero-order valence-corrected chi connectivity index (χ0v) is 12.9. The number of aryl methyl sites for hydroxylation is 2. The number of rotatable bonds is 3. The van der Waals surface area contributed by atoms with E-state index in [9.17, 15) is 0 Å². The van der Waals surface area contributed by atoms with E-state index in [-0.39, 0.29) is 0 Å². The molecule has 4 N–H and O–H groups in total. The number of hydrogen-bond donors (Lipinski definition) is 2. The molecule has 2 heteroatoms. The first-order chi connectivity index (χ1) is 9.49. The molecule has 106 valence electrons. The van der Waals surface area contributed by atoms with Gasteiger partial charge in [0.15, 0.2) is 0 Å². The second-order valence-electron chi connectivity index (χ2n) is 5.38. The first-order valence-electron chi connectivity index (χ1n) is 7.26. The lowest BCUT2D eigenvalue weighted by molar-refractivity contribution is 1.10. The van der Waals surface area contributed by atoms with Gasteiger partial charge < -0.3 is 11.5 Å². The van der Waals surface area contributed by atoms with E-state index in [1.807, 2.05) is 6.07 Å². The van der Waals surface area contributed by atoms with Gasteiger partial charge >= 0.3 is 0 Å². The summed E-state index contributed by atoms with van der Waals surface area (Å²) in [7, 11) is 0. The van der Waals surface area contributed by atoms with E-state index in [0.717, 1.165) is 29.8 Å². The molecular formula is C18H24N2. The molecule has 0 unspecified atom stereocenters. The molecule has 0 saturated carbocycles. The third-order valence-corrected chi connectivity index (χ3v) is 4.12. The Hall–Kier alpha value is -1.96. The van der Waals surface area contributed by atoms with Crippen LogP contribution in [0.1, 0.15) is 36.1 Å². The topological polar surface area (TPSA) is 52.0 Å². The van der Waals surface area contributed by atoms with Gasteiger partial charge in [0.25, 0.3) is 0 Å². The van der Waals surface area contributed by atoms with Gasteiger partial charge in [-0.3, -0.25) is 0 Å². The average Bonchev–Trinajstić information content (AvgIpc) is 2.44. The second-order valence-corrected chi connectivity index (χ2v) is 5.38. The fourth-order valence-electron chi connectivity index (χ4n) is 2.91. The molecule has 0 aliphatic carbocycles. The van der Waals surface area contributed by atoms with E-state index < -0.39 is 0 Å². The van der Waals surface area contributed by atoms with Crippen molar-refractivity contribution in [1.82, 2.24) is 0 Å². The molecule has 0 heterocycles. The first-order valence-corrected chi connectivity index (χ1v) is 7.26. The van der Waals surface area contributed by atoms with Crippen molar-refractivity contribution in [1.29, 1.82) is 0 Å². The lowest BCUT2D eigenvalue weighted by Crippen LogP contribution is -2.02. The standard InChI is InChI=1S/C18H24N2/c1-5-13-10-14(19)7-8-16(13)17-9-11(3)18(20)12(4)15(17)6-2/h7-10H,5-6,19-20H2,1-4H3. The smallest absolute Gasteiger partial charge is 0.0376 e. The van der Waals surface area contributed by atoms with Crippen LogP contribution in [0.15, 0.2) is 24.3 Å². The van der Waals surface area contributed by atoms with Gasteiger partial charge in [0.1, 0.15) is 0 Å². The van der Waals surface area contributed by atoms with E-state index in [1.165, 1.54) is 27.8 Å². The number of nitrogen functional groups attached to an aromatic ring is 2. The Morgan fingerprint density at radius 3 is 2.20 bits per heavy atom. The Morgan fingerprint density at radius 2 is 1.60 bits per heavy atom. The summed E-state index contributed by atoms with van der Waals surface area (Å²) in [4.78, 5) is 0. The molecule has 0 fully saturated rings. The molecule has 0 amide bonds. The van der Waals surface area contributed by atoms with Crippen molar-refractivity contribution in [2.45, 2.75) is 40.5 Å². The zero-order chi connectivity index (χ0) is 14.9. The maximum Gasteiger partial charge on any atom is 0.0376 e. The number of anilines is 2. The molecule has 0 spiro atoms. The molecule has 2 aromatic rings. The molecule has 0 aromatic heterocycles. The van der Waals surface area contributed by atoms with Crippen LogP contribution in [0.3, 0.4) is 0 Å². The molecule has 0 radical (unpaired) electrons. The van der Waals surface area contributed by atoms with Crippen LogP contribution in [-0.2, 0) is 12.8 Å². The van der Waals surface area contributed by atoms with Crippen LogP contribution in [0.25, 0.3) is 11.1 Å². The van der Waals surface area contributed by atoms with E-state index >= 15 is 0 Å². The molecule has 0 atom stereocenters. The molecule has 0 aliphatic rings. The third kappa shape index (κ3) is 2.38. The molecule has 0 bridgehead atoms. The summed E-state index contributed by atoms with van der Waals surface area (Å²) in [5.41, 5.74) is 21.4. The minimum Gasteiger partial charge on any atom is -0.399 e. The van der Waals surface area contributed by atoms with Crippen LogP contribution < -0.4 is 11.5 Å². The second kappa shape index (κ2) is 5.58. The fourth-order valence-corrected chi connectivity index (χ4v) is 2.91. The summed E-state index contributed by atoms with van der Waals surface area (Å²) in [5, 5.41) is 0. The minimum absolute atomic E-state index is 0.826. The van der Waals surface area contributed by atoms with Gasteiger partial charge in [-0.15, -0.1) is 0 Å². The van der Waals surface area contributed by atoms with Gasteiger partial charge in [0.2, 0.25) is 0 Å². The first kappa shape index (κ1) is 14.4. The Balaban J connectivity index is 2.75. The van der Waals surface area contributed by atoms with Crippen LogP contribution in [0, 0.1) is 13.8 Å². The monoisotopic (exact) mass is 268 g/mol. The maximum absolute atomic E-state index is 6.18. The van der Waals surface area contributed by atoms with Gasteiger partial charge in [0, 0.05) is 11.4 Å². The lowest BCUT2D eigenvalue weighted by Gasteiger charge is -2.18. The highest BCUT2D eigenvalue weighted by Crippen LogP contribution is 2.35. The van der Waals surface area contributed by atoms with Crippen molar-refractivity contribution in [3.8, 4) is 11.1 Å². The summed E-state index contributed by atoms with van der Waals surface area (Å²) < 4.78 is 0. The van der Waals surface area contributed by atoms with Crippen LogP contribution in [0.4, 0.5) is 11.4 Å². The van der Waals surface area contributed by atoms with Crippen LogP contribution in [0.5, 0.6) is 0 Å². The summed E-state index contributed by atoms with van der Waals surface area (Å²) in [6, 6.07) is 8.41. The molecule has 2 rings (SSSR count). The molecule has 2 aromatic carbocycles. The molecule has 0 saturated heterocycles. The molecule has 20 heavy (non-hydrogen) atoms. The average molecular weight is 268 g/mol. The van der Waals surface area contributed by atoms with E-state index in [2.05, 4.69) is 45.9 Å². The highest BCUT2D eigenvalue weighted by Gasteiger charge is 2.13. The largest absolute Gasteiger partial charge is 0.399 e. The van der Waals surface area contributed by atoms with Crippen LogP contribution in [-0.4, -0.2) is 0 Å². The van der Waals surface area contributed by atoms with Crippen molar-refractivity contribution in [2.24, 2.45) is 0 Å². The van der Waals surface area contributed by atoms with Gasteiger partial charge in [-0.1, -0.05) is 19.9 Å². The third-order valence-electron chi connectivity index (χ3n) is 4.12. The Bertz CT molecular complexity index is 642. The summed E-state index contributed by atoms with van der Waals surface area (Å²) in [5.74, 6) is 0. The lowest BCUT2D eigenvalue weighted by atomic mass is 9.88. The van der Waals surface area contributed by atoms with Crippen molar-refractivity contribution in [3.63, 3.8) is 0 Å². The minimum atomic E-state index is 0.826. The highest BCUT2D eigenvalue weighted by atomic mass is 14.6. The fraction of sp³-hybridized carbons (Fsp3) is 0.333. The summed E-state index contributed by atoms with van der Waals surface area (Å²) in [6.07, 6.45) is 1.96. The van der Waals surface area contributed by atoms with Crippen molar-refractivity contribution in [2.75, 3.05) is 11.5 Å². The van der Waals surface area contributed by atoms with Crippen LogP contribution >= 0.6 is 0 Å². The van der Waals surface area contributed by atoms with E-state index in [4.69, 9.17) is 11.5 Å². The maximum atomic E-state index is 6.18. The quantitative estimate of drug-likeness (QED) is 0.817. The summed E-state index contributed by atoms with van der Waals surface area (Å²) in [6.45, 7) is 8.55. The van der Waals surface area contributed by atoms with Crippen molar-refractivity contribution in [3.05, 3.63) is 46.5 Å². The predicted molar refractivity (Wildman–Crippen MR) is 88.9 cm³/mol. The Morgan fingerprint density at radius 1 is 0.900 bits per heavy atom. The highest BCUT2D eigenvalue weighted by molar-refractivity contribution is 5.78. The normalized spacial score (nSPS) is 10.8. The number of hydrogen-bond acceptors (Lipinski definition) is 2. The Labute approximate surface area is 121 Å². The zero-order valence-electron chi connectivity index (χ0n) is 12.9. The number of nitrogens with two attached hydrogens (primary N) is 2. The number of benzene rings is 2. The summed E-state index contributed by atoms with van der Waals surface area (Å²) >= 11 is 0. The van der Waals surface area contributed by atoms with E-state index in [0.29, 0.717) is 0 Å². The Kier molecular flexibility index (Phi) is 4.03. The molecule has 0 aliphatic heterocycles. The van der Waals surface area contributed by atoms with Crippen molar-refractivity contribution >= 4 is 11.4 Å². The van der Waals surface area contributed by atoms with Gasteiger partial charge in [-0.05, 0) is 78.3 Å². The van der Waals surface area contributed by atoms with E-state index in [1.54, 1.807) is 0 Å². The van der Waals surface area contributed by atoms with Crippen molar-refractivity contribution < 1.29 is 0 Å². The SMILES string of the molecule is CCc1cc(N)ccc1-c1cc(C)c(N)c(C)c1CC. The molecular weight excluding hydrogens is 244 g/mol. The molecule has 2 nitrogen and oxygen atoms in total. The van der Waals surface area contributed by atoms with Gasteiger partial charge in [0.05, 0.1) is 0 Å². The van der Waals surface area contributed by atoms with Gasteiger partial charge in [-0.25, -0.2) is 0 Å². The van der Waals surface area contributed by atoms with Gasteiger partial charge in [-0.2, -0.15) is 0 Å². The van der Waals surface area contributed by atoms with Crippen LogP contribution in [0.2, 0.25) is 0 Å².